The highest BCUT2D eigenvalue weighted by Gasteiger charge is 2.63. The van der Waals surface area contributed by atoms with Crippen LogP contribution in [0.4, 0.5) is 0 Å². The van der Waals surface area contributed by atoms with Gasteiger partial charge in [0, 0.05) is 7.05 Å². The summed E-state index contributed by atoms with van der Waals surface area (Å²) in [6.07, 6.45) is 0. The van der Waals surface area contributed by atoms with E-state index in [0.717, 1.165) is 0 Å². The molecular formula is C9H12N2O6. The summed E-state index contributed by atoms with van der Waals surface area (Å²) in [7, 11) is 1.26. The van der Waals surface area contributed by atoms with Crippen LogP contribution in [0.2, 0.25) is 0 Å². The van der Waals surface area contributed by atoms with Crippen molar-refractivity contribution in [2.75, 3.05) is 7.05 Å². The van der Waals surface area contributed by atoms with Crippen LogP contribution < -0.4 is 11.1 Å². The second kappa shape index (κ2) is 4.40. The summed E-state index contributed by atoms with van der Waals surface area (Å²) in [6.45, 7) is 0. The van der Waals surface area contributed by atoms with E-state index in [-0.39, 0.29) is 0 Å². The molecule has 1 aliphatic rings. The van der Waals surface area contributed by atoms with Crippen molar-refractivity contribution in [3.05, 3.63) is 0 Å². The molecule has 2 unspecified atom stereocenters. The Morgan fingerprint density at radius 3 is 1.59 bits per heavy atom. The van der Waals surface area contributed by atoms with E-state index in [1.165, 1.54) is 7.05 Å². The fourth-order valence-corrected chi connectivity index (χ4v) is 2.21. The lowest BCUT2D eigenvalue weighted by atomic mass is 9.55. The molecule has 2 amide bonds. The van der Waals surface area contributed by atoms with E-state index in [2.05, 4.69) is 5.32 Å². The molecule has 94 valence electrons. The summed E-state index contributed by atoms with van der Waals surface area (Å²) in [5.41, 5.74) is 4.96. The van der Waals surface area contributed by atoms with E-state index in [9.17, 15) is 19.2 Å². The van der Waals surface area contributed by atoms with Crippen LogP contribution in [0.1, 0.15) is 0 Å². The quantitative estimate of drug-likeness (QED) is 0.444. The molecule has 0 aromatic rings. The Hall–Kier alpha value is -2.12. The predicted octanol–water partition coefficient (Wildman–Crippen LogP) is -2.13. The molecule has 0 aromatic heterocycles. The molecule has 0 saturated heterocycles. The highest BCUT2D eigenvalue weighted by Crippen LogP contribution is 2.46. The summed E-state index contributed by atoms with van der Waals surface area (Å²) in [4.78, 5) is 44.3. The molecule has 0 spiro atoms. The Balaban J connectivity index is 3.08. The molecule has 0 aliphatic heterocycles. The van der Waals surface area contributed by atoms with Crippen molar-refractivity contribution in [2.45, 2.75) is 0 Å². The van der Waals surface area contributed by atoms with E-state index in [1.807, 2.05) is 0 Å². The number of nitrogens with one attached hydrogen (secondary N) is 1. The zero-order valence-electron chi connectivity index (χ0n) is 8.91. The van der Waals surface area contributed by atoms with Gasteiger partial charge in [0.15, 0.2) is 0 Å². The minimum atomic E-state index is -1.40. The van der Waals surface area contributed by atoms with E-state index >= 15 is 0 Å². The average molecular weight is 244 g/mol. The van der Waals surface area contributed by atoms with Crippen LogP contribution in [-0.2, 0) is 19.2 Å². The average Bonchev–Trinajstić information content (AvgIpc) is 2.13. The molecule has 17 heavy (non-hydrogen) atoms. The van der Waals surface area contributed by atoms with Crippen LogP contribution in [0, 0.1) is 23.7 Å². The zero-order chi connectivity index (χ0) is 13.3. The molecule has 0 aromatic carbocycles. The number of carboxylic acid groups (broad SMARTS) is 2. The minimum absolute atomic E-state index is 0.720. The standard InChI is InChI=1S/C9H12N2O6/c1-11-7(13)3-4(8(14)15)2(6(10)12)5(3)9(16)17/h2-5H,1H3,(H2,10,12)(H,11,13)(H,14,15)(H,16,17). The van der Waals surface area contributed by atoms with Gasteiger partial charge in [-0.15, -0.1) is 0 Å². The van der Waals surface area contributed by atoms with Crippen molar-refractivity contribution >= 4 is 23.8 Å². The number of primary amides is 1. The maximum absolute atomic E-state index is 11.4. The molecule has 1 fully saturated rings. The van der Waals surface area contributed by atoms with Gasteiger partial charge < -0.3 is 21.3 Å². The number of amides is 2. The minimum Gasteiger partial charge on any atom is -0.481 e. The number of carboxylic acids is 2. The largest absolute Gasteiger partial charge is 0.481 e. The molecule has 0 radical (unpaired) electrons. The van der Waals surface area contributed by atoms with E-state index in [4.69, 9.17) is 15.9 Å². The molecule has 1 aliphatic carbocycles. The molecule has 1 saturated carbocycles. The number of nitrogens with two attached hydrogens (primary N) is 1. The van der Waals surface area contributed by atoms with Crippen molar-refractivity contribution in [1.82, 2.24) is 5.32 Å². The van der Waals surface area contributed by atoms with Gasteiger partial charge in [-0.05, 0) is 0 Å². The Labute approximate surface area is 95.8 Å². The van der Waals surface area contributed by atoms with Crippen LogP contribution in [0.3, 0.4) is 0 Å². The van der Waals surface area contributed by atoms with Gasteiger partial charge in [-0.1, -0.05) is 0 Å². The number of rotatable bonds is 4. The van der Waals surface area contributed by atoms with Crippen LogP contribution in [-0.4, -0.2) is 41.0 Å². The number of aliphatic carboxylic acids is 2. The maximum Gasteiger partial charge on any atom is 0.308 e. The first-order chi connectivity index (χ1) is 7.82. The molecular weight excluding hydrogens is 232 g/mol. The highest BCUT2D eigenvalue weighted by atomic mass is 16.4. The third kappa shape index (κ3) is 1.93. The fourth-order valence-electron chi connectivity index (χ4n) is 2.21. The van der Waals surface area contributed by atoms with Crippen LogP contribution in [0.25, 0.3) is 0 Å². The van der Waals surface area contributed by atoms with Gasteiger partial charge in [0.2, 0.25) is 11.8 Å². The van der Waals surface area contributed by atoms with Gasteiger partial charge in [0.25, 0.3) is 0 Å². The lowest BCUT2D eigenvalue weighted by Gasteiger charge is -2.44. The molecule has 8 heteroatoms. The molecule has 1 rings (SSSR count). The number of hydrogen-bond donors (Lipinski definition) is 4. The van der Waals surface area contributed by atoms with Crippen LogP contribution in [0.15, 0.2) is 0 Å². The molecule has 0 heterocycles. The first-order valence-electron chi connectivity index (χ1n) is 4.79. The second-order valence-corrected chi connectivity index (χ2v) is 3.80. The summed E-state index contributed by atoms with van der Waals surface area (Å²) in [5, 5.41) is 20.0. The van der Waals surface area contributed by atoms with Crippen molar-refractivity contribution in [3.63, 3.8) is 0 Å². The Bertz CT molecular complexity index is 371. The third-order valence-corrected chi connectivity index (χ3v) is 3.00. The monoisotopic (exact) mass is 244 g/mol. The van der Waals surface area contributed by atoms with Crippen molar-refractivity contribution in [2.24, 2.45) is 29.4 Å². The number of carbonyl (C=O) groups is 4. The summed E-state index contributed by atoms with van der Waals surface area (Å²) >= 11 is 0. The highest BCUT2D eigenvalue weighted by molar-refractivity contribution is 5.99. The Kier molecular flexibility index (Phi) is 3.35. The van der Waals surface area contributed by atoms with Gasteiger partial charge >= 0.3 is 11.9 Å². The Morgan fingerprint density at radius 2 is 1.35 bits per heavy atom. The van der Waals surface area contributed by atoms with Crippen molar-refractivity contribution < 1.29 is 29.4 Å². The first kappa shape index (κ1) is 12.9. The summed E-state index contributed by atoms with van der Waals surface area (Å²) < 4.78 is 0. The van der Waals surface area contributed by atoms with Gasteiger partial charge in [-0.3, -0.25) is 19.2 Å². The number of carbonyl (C=O) groups excluding carboxylic acids is 2. The van der Waals surface area contributed by atoms with Crippen molar-refractivity contribution in [3.8, 4) is 0 Å². The van der Waals surface area contributed by atoms with Crippen LogP contribution >= 0.6 is 0 Å². The van der Waals surface area contributed by atoms with E-state index < -0.39 is 47.4 Å². The lowest BCUT2D eigenvalue weighted by molar-refractivity contribution is -0.180. The number of hydrogen-bond acceptors (Lipinski definition) is 4. The van der Waals surface area contributed by atoms with Crippen LogP contribution in [0.5, 0.6) is 0 Å². The third-order valence-electron chi connectivity index (χ3n) is 3.00. The zero-order valence-corrected chi connectivity index (χ0v) is 8.91. The Morgan fingerprint density at radius 1 is 0.941 bits per heavy atom. The first-order valence-corrected chi connectivity index (χ1v) is 4.79. The van der Waals surface area contributed by atoms with Gasteiger partial charge in [0.1, 0.15) is 0 Å². The molecule has 2 atom stereocenters. The molecule has 8 nitrogen and oxygen atoms in total. The summed E-state index contributed by atoms with van der Waals surface area (Å²) in [5.74, 6) is -9.94. The predicted molar refractivity (Wildman–Crippen MR) is 52.5 cm³/mol. The lowest BCUT2D eigenvalue weighted by Crippen LogP contribution is -2.62. The maximum atomic E-state index is 11.4. The fraction of sp³-hybridized carbons (Fsp3) is 0.556. The topological polar surface area (TPSA) is 147 Å². The van der Waals surface area contributed by atoms with Gasteiger partial charge in [0.05, 0.1) is 23.7 Å². The van der Waals surface area contributed by atoms with Gasteiger partial charge in [-0.25, -0.2) is 0 Å². The van der Waals surface area contributed by atoms with E-state index in [0.29, 0.717) is 0 Å². The van der Waals surface area contributed by atoms with E-state index in [1.54, 1.807) is 0 Å². The second-order valence-electron chi connectivity index (χ2n) is 3.80. The van der Waals surface area contributed by atoms with Gasteiger partial charge in [-0.2, -0.15) is 0 Å². The summed E-state index contributed by atoms with van der Waals surface area (Å²) in [6, 6.07) is 0. The molecule has 0 bridgehead atoms. The SMILES string of the molecule is CNC(=O)C1C(C(=O)O)C(C(N)=O)C1C(=O)O. The normalized spacial score (nSPS) is 31.1. The smallest absolute Gasteiger partial charge is 0.308 e. The van der Waals surface area contributed by atoms with Crippen molar-refractivity contribution in [1.29, 1.82) is 0 Å². The molecule has 5 N–H and O–H groups in total.